The number of benzene rings is 1. The van der Waals surface area contributed by atoms with Crippen molar-refractivity contribution >= 4 is 11.6 Å². The molecule has 0 radical (unpaired) electrons. The molecule has 9 heteroatoms. The van der Waals surface area contributed by atoms with Gasteiger partial charge in [0.25, 0.3) is 5.56 Å². The van der Waals surface area contributed by atoms with Crippen LogP contribution in [0.5, 0.6) is 0 Å². The van der Waals surface area contributed by atoms with Gasteiger partial charge in [-0.2, -0.15) is 18.3 Å². The first kappa shape index (κ1) is 18.0. The molecule has 26 heavy (non-hydrogen) atoms. The summed E-state index contributed by atoms with van der Waals surface area (Å²) in [6.07, 6.45) is -2.95. The number of alkyl halides is 3. The number of aromatic nitrogens is 2. The summed E-state index contributed by atoms with van der Waals surface area (Å²) in [5.41, 5.74) is -0.570. The van der Waals surface area contributed by atoms with Gasteiger partial charge in [-0.25, -0.2) is 4.68 Å². The first-order valence-corrected chi connectivity index (χ1v) is 8.07. The van der Waals surface area contributed by atoms with Gasteiger partial charge in [0.15, 0.2) is 0 Å². The molecule has 1 aliphatic heterocycles. The van der Waals surface area contributed by atoms with Gasteiger partial charge in [-0.05, 0) is 24.3 Å². The van der Waals surface area contributed by atoms with Gasteiger partial charge in [-0.3, -0.25) is 9.59 Å². The van der Waals surface area contributed by atoms with Crippen molar-refractivity contribution in [3.05, 3.63) is 58.5 Å². The molecule has 1 aromatic heterocycles. The van der Waals surface area contributed by atoms with Crippen LogP contribution in [0.2, 0.25) is 0 Å². The highest BCUT2D eigenvalue weighted by Gasteiger charge is 2.31. The van der Waals surface area contributed by atoms with Crippen molar-refractivity contribution in [2.24, 2.45) is 0 Å². The van der Waals surface area contributed by atoms with Crippen molar-refractivity contribution in [2.75, 3.05) is 31.1 Å². The Labute approximate surface area is 147 Å². The number of carbonyl (C=O) groups is 1. The predicted octanol–water partition coefficient (Wildman–Crippen LogP) is 1.61. The van der Waals surface area contributed by atoms with Gasteiger partial charge in [0.1, 0.15) is 6.54 Å². The highest BCUT2D eigenvalue weighted by Crippen LogP contribution is 2.31. The monoisotopic (exact) mass is 366 g/mol. The van der Waals surface area contributed by atoms with Gasteiger partial charge in [-0.15, -0.1) is 0 Å². The molecular formula is C17H17F3N4O2. The van der Waals surface area contributed by atoms with Crippen LogP contribution in [0.15, 0.2) is 47.4 Å². The lowest BCUT2D eigenvalue weighted by atomic mass is 10.1. The quantitative estimate of drug-likeness (QED) is 0.828. The molecule has 3 rings (SSSR count). The summed E-state index contributed by atoms with van der Waals surface area (Å²) in [7, 11) is 0. The molecule has 0 saturated carbocycles. The normalized spacial score (nSPS) is 15.2. The molecule has 0 N–H and O–H groups in total. The van der Waals surface area contributed by atoms with E-state index in [-0.39, 0.29) is 18.0 Å². The molecule has 1 aromatic carbocycles. The molecule has 0 aliphatic carbocycles. The first-order chi connectivity index (χ1) is 12.3. The molecule has 0 spiro atoms. The molecule has 6 nitrogen and oxygen atoms in total. The second-order valence-corrected chi connectivity index (χ2v) is 5.94. The van der Waals surface area contributed by atoms with Crippen molar-refractivity contribution in [3.63, 3.8) is 0 Å². The van der Waals surface area contributed by atoms with Crippen LogP contribution in [0.3, 0.4) is 0 Å². The standard InChI is InChI=1S/C17H17F3N4O2/c18-17(19,20)13-3-1-4-14(11-13)22-7-9-23(10-8-22)16(26)12-24-15(25)5-2-6-21-24/h1-6,11H,7-10,12H2. The fourth-order valence-electron chi connectivity index (χ4n) is 2.83. The number of hydrogen-bond acceptors (Lipinski definition) is 4. The smallest absolute Gasteiger partial charge is 0.368 e. The number of halogens is 3. The van der Waals surface area contributed by atoms with Crippen molar-refractivity contribution in [1.82, 2.24) is 14.7 Å². The van der Waals surface area contributed by atoms with Gasteiger partial charge in [-0.1, -0.05) is 6.07 Å². The maximum Gasteiger partial charge on any atom is 0.416 e. The number of amides is 1. The van der Waals surface area contributed by atoms with E-state index in [1.54, 1.807) is 11.0 Å². The zero-order chi connectivity index (χ0) is 18.7. The molecule has 0 atom stereocenters. The SMILES string of the molecule is O=C(Cn1ncccc1=O)N1CCN(c2cccc(C(F)(F)F)c2)CC1. The Balaban J connectivity index is 1.62. The van der Waals surface area contributed by atoms with E-state index in [4.69, 9.17) is 0 Å². The van der Waals surface area contributed by atoms with Crippen molar-refractivity contribution in [1.29, 1.82) is 0 Å². The van der Waals surface area contributed by atoms with Crippen LogP contribution in [0.4, 0.5) is 18.9 Å². The molecule has 138 valence electrons. The van der Waals surface area contributed by atoms with Gasteiger partial charge in [0.05, 0.1) is 5.56 Å². The van der Waals surface area contributed by atoms with Gasteiger partial charge < -0.3 is 9.80 Å². The molecule has 0 bridgehead atoms. The van der Waals surface area contributed by atoms with Crippen molar-refractivity contribution < 1.29 is 18.0 Å². The van der Waals surface area contributed by atoms with Crippen LogP contribution in [-0.2, 0) is 17.5 Å². The van der Waals surface area contributed by atoms with Crippen molar-refractivity contribution in [3.8, 4) is 0 Å². The summed E-state index contributed by atoms with van der Waals surface area (Å²) in [6.45, 7) is 1.44. The maximum atomic E-state index is 12.8. The molecule has 2 aromatic rings. The molecule has 0 unspecified atom stereocenters. The molecule has 1 aliphatic rings. The van der Waals surface area contributed by atoms with Crippen molar-refractivity contribution in [2.45, 2.75) is 12.7 Å². The minimum Gasteiger partial charge on any atom is -0.368 e. The average Bonchev–Trinajstić information content (AvgIpc) is 2.63. The fourth-order valence-corrected chi connectivity index (χ4v) is 2.83. The maximum absolute atomic E-state index is 12.8. The van der Waals surface area contributed by atoms with E-state index in [1.807, 2.05) is 4.90 Å². The summed E-state index contributed by atoms with van der Waals surface area (Å²) in [5, 5.41) is 3.85. The molecule has 1 amide bonds. The van der Waals surface area contributed by atoms with E-state index in [0.29, 0.717) is 31.9 Å². The third-order valence-corrected chi connectivity index (χ3v) is 4.24. The number of carbonyl (C=O) groups excluding carboxylic acids is 1. The van der Waals surface area contributed by atoms with E-state index in [0.717, 1.165) is 16.8 Å². The summed E-state index contributed by atoms with van der Waals surface area (Å²) in [4.78, 5) is 27.3. The number of anilines is 1. The van der Waals surface area contributed by atoms with Crippen LogP contribution in [0.25, 0.3) is 0 Å². The van der Waals surface area contributed by atoms with E-state index < -0.39 is 11.7 Å². The average molecular weight is 366 g/mol. The zero-order valence-corrected chi connectivity index (χ0v) is 13.8. The summed E-state index contributed by atoms with van der Waals surface area (Å²) in [6, 6.07) is 7.98. The third kappa shape index (κ3) is 4.04. The Morgan fingerprint density at radius 3 is 2.46 bits per heavy atom. The molecule has 1 fully saturated rings. The Bertz CT molecular complexity index is 842. The Morgan fingerprint density at radius 2 is 1.81 bits per heavy atom. The van der Waals surface area contributed by atoms with E-state index in [2.05, 4.69) is 5.10 Å². The Kier molecular flexibility index (Phi) is 4.97. The molecular weight excluding hydrogens is 349 g/mol. The summed E-state index contributed by atoms with van der Waals surface area (Å²) in [5.74, 6) is -0.241. The minimum atomic E-state index is -4.39. The third-order valence-electron chi connectivity index (χ3n) is 4.24. The van der Waals surface area contributed by atoms with E-state index in [9.17, 15) is 22.8 Å². The molecule has 1 saturated heterocycles. The van der Waals surface area contributed by atoms with Crippen LogP contribution in [0, 0.1) is 0 Å². The van der Waals surface area contributed by atoms with E-state index in [1.165, 1.54) is 24.4 Å². The number of hydrogen-bond donors (Lipinski definition) is 0. The van der Waals surface area contributed by atoms with Gasteiger partial charge in [0.2, 0.25) is 5.91 Å². The topological polar surface area (TPSA) is 58.4 Å². The van der Waals surface area contributed by atoms with E-state index >= 15 is 0 Å². The minimum absolute atomic E-state index is 0.150. The first-order valence-electron chi connectivity index (χ1n) is 8.07. The largest absolute Gasteiger partial charge is 0.416 e. The van der Waals surface area contributed by atoms with Crippen LogP contribution in [-0.4, -0.2) is 46.8 Å². The Morgan fingerprint density at radius 1 is 1.08 bits per heavy atom. The lowest BCUT2D eigenvalue weighted by molar-refractivity contribution is -0.137. The highest BCUT2D eigenvalue weighted by molar-refractivity contribution is 5.76. The number of nitrogens with zero attached hydrogens (tertiary/aromatic N) is 4. The van der Waals surface area contributed by atoms with Gasteiger partial charge >= 0.3 is 6.18 Å². The molecule has 2 heterocycles. The van der Waals surface area contributed by atoms with Crippen LogP contribution in [0.1, 0.15) is 5.56 Å². The zero-order valence-electron chi connectivity index (χ0n) is 13.8. The fraction of sp³-hybridized carbons (Fsp3) is 0.353. The number of piperazine rings is 1. The highest BCUT2D eigenvalue weighted by atomic mass is 19.4. The predicted molar refractivity (Wildman–Crippen MR) is 88.7 cm³/mol. The number of rotatable bonds is 3. The lowest BCUT2D eigenvalue weighted by Crippen LogP contribution is -2.50. The summed E-state index contributed by atoms with van der Waals surface area (Å²) < 4.78 is 39.6. The second-order valence-electron chi connectivity index (χ2n) is 5.94. The lowest BCUT2D eigenvalue weighted by Gasteiger charge is -2.36. The summed E-state index contributed by atoms with van der Waals surface area (Å²) >= 11 is 0. The van der Waals surface area contributed by atoms with Crippen LogP contribution < -0.4 is 10.5 Å². The van der Waals surface area contributed by atoms with Crippen LogP contribution >= 0.6 is 0 Å². The Hall–Kier alpha value is -2.84. The van der Waals surface area contributed by atoms with Gasteiger partial charge in [0, 0.05) is 44.1 Å². The second kappa shape index (κ2) is 7.19.